The van der Waals surface area contributed by atoms with Crippen LogP contribution in [0.5, 0.6) is 0 Å². The Morgan fingerprint density at radius 1 is 1.47 bits per heavy atom. The normalized spacial score (nSPS) is 12.4. The molecule has 5 nitrogen and oxygen atoms in total. The van der Waals surface area contributed by atoms with Crippen molar-refractivity contribution in [3.63, 3.8) is 0 Å². The van der Waals surface area contributed by atoms with E-state index in [1.807, 2.05) is 42.8 Å². The van der Waals surface area contributed by atoms with Gasteiger partial charge in [0.1, 0.15) is 5.82 Å². The zero-order chi connectivity index (χ0) is 12.4. The molecule has 0 aliphatic heterocycles. The molecule has 1 aromatic heterocycles. The molecular formula is C12H15N3O2. The summed E-state index contributed by atoms with van der Waals surface area (Å²) in [7, 11) is 3.27. The number of nitrogens with zero attached hydrogens (tertiary/aromatic N) is 2. The van der Waals surface area contributed by atoms with Crippen LogP contribution in [0.15, 0.2) is 24.3 Å². The van der Waals surface area contributed by atoms with E-state index in [1.54, 1.807) is 0 Å². The number of amides is 1. The maximum absolute atomic E-state index is 11.2. The third-order valence-electron chi connectivity index (χ3n) is 2.73. The highest BCUT2D eigenvalue weighted by molar-refractivity contribution is 5.76. The molecule has 0 aliphatic carbocycles. The summed E-state index contributed by atoms with van der Waals surface area (Å²) in [4.78, 5) is 15.6. The third kappa shape index (κ3) is 2.08. The Bertz CT molecular complexity index is 548. The molecule has 0 aliphatic rings. The predicted molar refractivity (Wildman–Crippen MR) is 64.7 cm³/mol. The zero-order valence-corrected chi connectivity index (χ0v) is 10.1. The SMILES string of the molecule is COC(=O)N[C@@H](C)c1nc2ccccc2n1C. The van der Waals surface area contributed by atoms with Crippen molar-refractivity contribution in [1.29, 1.82) is 0 Å². The van der Waals surface area contributed by atoms with E-state index in [-0.39, 0.29) is 6.04 Å². The summed E-state index contributed by atoms with van der Waals surface area (Å²) < 4.78 is 6.54. The number of ether oxygens (including phenoxy) is 1. The number of benzene rings is 1. The number of para-hydroxylation sites is 2. The molecule has 0 bridgehead atoms. The van der Waals surface area contributed by atoms with Crippen molar-refractivity contribution in [2.75, 3.05) is 7.11 Å². The predicted octanol–water partition coefficient (Wildman–Crippen LogP) is 1.99. The minimum atomic E-state index is -0.454. The standard InChI is InChI=1S/C12H15N3O2/c1-8(13-12(16)17-3)11-14-9-6-4-5-7-10(9)15(11)2/h4-8H,1-3H3,(H,13,16)/t8-/m0/s1. The van der Waals surface area contributed by atoms with Crippen LogP contribution in [0.2, 0.25) is 0 Å². The van der Waals surface area contributed by atoms with Gasteiger partial charge < -0.3 is 14.6 Å². The Balaban J connectivity index is 2.35. The smallest absolute Gasteiger partial charge is 0.407 e. The second-order valence-electron chi connectivity index (χ2n) is 3.88. The van der Waals surface area contributed by atoms with Crippen LogP contribution in [0.3, 0.4) is 0 Å². The van der Waals surface area contributed by atoms with Crippen molar-refractivity contribution in [2.45, 2.75) is 13.0 Å². The first-order valence-electron chi connectivity index (χ1n) is 5.39. The first-order chi connectivity index (χ1) is 8.13. The molecule has 0 saturated heterocycles. The van der Waals surface area contributed by atoms with E-state index >= 15 is 0 Å². The lowest BCUT2D eigenvalue weighted by Crippen LogP contribution is -2.28. The molecular weight excluding hydrogens is 218 g/mol. The van der Waals surface area contributed by atoms with Gasteiger partial charge in [0.2, 0.25) is 0 Å². The molecule has 1 aromatic carbocycles. The molecule has 2 aromatic rings. The van der Waals surface area contributed by atoms with Crippen LogP contribution >= 0.6 is 0 Å². The molecule has 0 spiro atoms. The molecule has 0 saturated carbocycles. The Hall–Kier alpha value is -2.04. The number of imidazole rings is 1. The monoisotopic (exact) mass is 233 g/mol. The highest BCUT2D eigenvalue weighted by Crippen LogP contribution is 2.18. The number of carbonyl (C=O) groups is 1. The quantitative estimate of drug-likeness (QED) is 0.863. The largest absolute Gasteiger partial charge is 0.453 e. The molecule has 0 unspecified atom stereocenters. The molecule has 1 atom stereocenters. The van der Waals surface area contributed by atoms with Crippen LogP contribution in [-0.2, 0) is 11.8 Å². The van der Waals surface area contributed by atoms with Crippen molar-refractivity contribution in [3.8, 4) is 0 Å². The van der Waals surface area contributed by atoms with E-state index in [1.165, 1.54) is 7.11 Å². The van der Waals surface area contributed by atoms with E-state index in [0.717, 1.165) is 16.9 Å². The molecule has 90 valence electrons. The number of alkyl carbamates (subject to hydrolysis) is 1. The fraction of sp³-hybridized carbons (Fsp3) is 0.333. The van der Waals surface area contributed by atoms with Gasteiger partial charge in [-0.05, 0) is 19.1 Å². The number of rotatable bonds is 2. The van der Waals surface area contributed by atoms with E-state index in [2.05, 4.69) is 15.0 Å². The van der Waals surface area contributed by atoms with Crippen LogP contribution in [0.1, 0.15) is 18.8 Å². The number of nitrogens with one attached hydrogen (secondary N) is 1. The average molecular weight is 233 g/mol. The number of hydrogen-bond donors (Lipinski definition) is 1. The number of carbonyl (C=O) groups excluding carboxylic acids is 1. The van der Waals surface area contributed by atoms with Crippen LogP contribution in [-0.4, -0.2) is 22.8 Å². The highest BCUT2D eigenvalue weighted by Gasteiger charge is 2.16. The van der Waals surface area contributed by atoms with Crippen molar-refractivity contribution >= 4 is 17.1 Å². The molecule has 0 radical (unpaired) electrons. The summed E-state index contributed by atoms with van der Waals surface area (Å²) in [6.07, 6.45) is -0.454. The van der Waals surface area contributed by atoms with Crippen molar-refractivity contribution in [1.82, 2.24) is 14.9 Å². The topological polar surface area (TPSA) is 56.1 Å². The first-order valence-corrected chi connectivity index (χ1v) is 5.39. The first kappa shape index (κ1) is 11.4. The number of fused-ring (bicyclic) bond motifs is 1. The van der Waals surface area contributed by atoms with Gasteiger partial charge in [-0.3, -0.25) is 0 Å². The van der Waals surface area contributed by atoms with Gasteiger partial charge in [0.15, 0.2) is 0 Å². The van der Waals surface area contributed by atoms with E-state index in [4.69, 9.17) is 0 Å². The second kappa shape index (κ2) is 4.45. The van der Waals surface area contributed by atoms with Crippen LogP contribution < -0.4 is 5.32 Å². The van der Waals surface area contributed by atoms with Gasteiger partial charge >= 0.3 is 6.09 Å². The molecule has 1 N–H and O–H groups in total. The lowest BCUT2D eigenvalue weighted by Gasteiger charge is -2.12. The Morgan fingerprint density at radius 2 is 2.18 bits per heavy atom. The highest BCUT2D eigenvalue weighted by atomic mass is 16.5. The van der Waals surface area contributed by atoms with Crippen LogP contribution in [0, 0.1) is 0 Å². The summed E-state index contributed by atoms with van der Waals surface area (Å²) in [5.41, 5.74) is 1.96. The fourth-order valence-electron chi connectivity index (χ4n) is 1.85. The maximum atomic E-state index is 11.2. The number of aromatic nitrogens is 2. The molecule has 1 amide bonds. The van der Waals surface area contributed by atoms with Gasteiger partial charge in [0, 0.05) is 7.05 Å². The number of methoxy groups -OCH3 is 1. The zero-order valence-electron chi connectivity index (χ0n) is 10.1. The van der Waals surface area contributed by atoms with Crippen LogP contribution in [0.4, 0.5) is 4.79 Å². The summed E-state index contributed by atoms with van der Waals surface area (Å²) in [6, 6.07) is 7.66. The summed E-state index contributed by atoms with van der Waals surface area (Å²) >= 11 is 0. The summed E-state index contributed by atoms with van der Waals surface area (Å²) in [6.45, 7) is 1.87. The number of aryl methyl sites for hydroxylation is 1. The van der Waals surface area contributed by atoms with E-state index in [9.17, 15) is 4.79 Å². The minimum absolute atomic E-state index is 0.195. The lowest BCUT2D eigenvalue weighted by molar-refractivity contribution is 0.167. The van der Waals surface area contributed by atoms with Gasteiger partial charge in [0.05, 0.1) is 24.2 Å². The minimum Gasteiger partial charge on any atom is -0.453 e. The van der Waals surface area contributed by atoms with Crippen molar-refractivity contribution in [3.05, 3.63) is 30.1 Å². The Morgan fingerprint density at radius 3 is 2.82 bits per heavy atom. The molecule has 0 fully saturated rings. The van der Waals surface area contributed by atoms with Crippen molar-refractivity contribution < 1.29 is 9.53 Å². The maximum Gasteiger partial charge on any atom is 0.407 e. The summed E-state index contributed by atoms with van der Waals surface area (Å²) in [5.74, 6) is 0.802. The van der Waals surface area contributed by atoms with Crippen LogP contribution in [0.25, 0.3) is 11.0 Å². The summed E-state index contributed by atoms with van der Waals surface area (Å²) in [5, 5.41) is 2.70. The van der Waals surface area contributed by atoms with E-state index in [0.29, 0.717) is 0 Å². The second-order valence-corrected chi connectivity index (χ2v) is 3.88. The van der Waals surface area contributed by atoms with Gasteiger partial charge in [-0.1, -0.05) is 12.1 Å². The van der Waals surface area contributed by atoms with Crippen molar-refractivity contribution in [2.24, 2.45) is 7.05 Å². The molecule has 1 heterocycles. The van der Waals surface area contributed by atoms with Gasteiger partial charge in [-0.2, -0.15) is 0 Å². The van der Waals surface area contributed by atoms with E-state index < -0.39 is 6.09 Å². The Kier molecular flexibility index (Phi) is 2.99. The van der Waals surface area contributed by atoms with Gasteiger partial charge in [-0.15, -0.1) is 0 Å². The van der Waals surface area contributed by atoms with Gasteiger partial charge in [-0.25, -0.2) is 9.78 Å². The fourth-order valence-corrected chi connectivity index (χ4v) is 1.85. The Labute approximate surface area is 99.4 Å². The number of hydrogen-bond acceptors (Lipinski definition) is 3. The lowest BCUT2D eigenvalue weighted by atomic mass is 10.3. The molecule has 2 rings (SSSR count). The van der Waals surface area contributed by atoms with Gasteiger partial charge in [0.25, 0.3) is 0 Å². The molecule has 17 heavy (non-hydrogen) atoms. The molecule has 5 heteroatoms. The third-order valence-corrected chi connectivity index (χ3v) is 2.73. The average Bonchev–Trinajstić information content (AvgIpc) is 2.67.